The Kier molecular flexibility index (Phi) is 6.20. The molecule has 170 valence electrons. The van der Waals surface area contributed by atoms with E-state index in [9.17, 15) is 22.8 Å². The van der Waals surface area contributed by atoms with Crippen molar-refractivity contribution < 1.29 is 37.0 Å². The zero-order valence-corrected chi connectivity index (χ0v) is 17.4. The van der Waals surface area contributed by atoms with Gasteiger partial charge in [-0.2, -0.15) is 8.78 Å². The fraction of sp³-hybridized carbons (Fsp3) is 0.619. The molecule has 4 fully saturated rings. The van der Waals surface area contributed by atoms with Crippen LogP contribution in [-0.4, -0.2) is 49.3 Å². The number of ether oxygens (including phenoxy) is 3. The van der Waals surface area contributed by atoms with Crippen LogP contribution in [0.25, 0.3) is 0 Å². The maximum Gasteiger partial charge on any atom is 0.345 e. The topological polar surface area (TPSA) is 73.9 Å². The molecular weight excluding hydrogens is 439 g/mol. The smallest absolute Gasteiger partial charge is 0.345 e. The van der Waals surface area contributed by atoms with E-state index >= 15 is 0 Å². The van der Waals surface area contributed by atoms with E-state index in [-0.39, 0.29) is 52.7 Å². The van der Waals surface area contributed by atoms with Crippen molar-refractivity contribution in [1.29, 1.82) is 0 Å². The first-order valence-electron chi connectivity index (χ1n) is 10.1. The van der Waals surface area contributed by atoms with Crippen LogP contribution in [0.5, 0.6) is 5.75 Å². The van der Waals surface area contributed by atoms with Gasteiger partial charge in [0.1, 0.15) is 18.2 Å². The van der Waals surface area contributed by atoms with Gasteiger partial charge in [-0.3, -0.25) is 9.59 Å². The molecule has 1 amide bonds. The minimum absolute atomic E-state index is 0.0199. The molecule has 4 aliphatic carbocycles. The molecule has 1 aromatic rings. The third-order valence-electron chi connectivity index (χ3n) is 6.20. The van der Waals surface area contributed by atoms with Crippen LogP contribution in [0.1, 0.15) is 38.5 Å². The molecule has 4 aliphatic rings. The third-order valence-corrected chi connectivity index (χ3v) is 6.51. The van der Waals surface area contributed by atoms with E-state index in [1.807, 2.05) is 0 Å². The second-order valence-corrected chi connectivity index (χ2v) is 9.27. The predicted molar refractivity (Wildman–Crippen MR) is 104 cm³/mol. The predicted octanol–water partition coefficient (Wildman–Crippen LogP) is 3.64. The van der Waals surface area contributed by atoms with Crippen molar-refractivity contribution in [3.05, 3.63) is 29.0 Å². The van der Waals surface area contributed by atoms with Crippen LogP contribution >= 0.6 is 11.6 Å². The largest absolute Gasteiger partial charge is 0.484 e. The van der Waals surface area contributed by atoms with Crippen LogP contribution in [0.15, 0.2) is 18.2 Å². The fourth-order valence-electron chi connectivity index (χ4n) is 4.96. The van der Waals surface area contributed by atoms with Gasteiger partial charge in [-0.1, -0.05) is 11.6 Å². The monoisotopic (exact) mass is 461 g/mol. The van der Waals surface area contributed by atoms with Crippen LogP contribution in [0.4, 0.5) is 13.2 Å². The molecule has 5 rings (SSSR count). The van der Waals surface area contributed by atoms with Gasteiger partial charge in [-0.15, -0.1) is 0 Å². The highest BCUT2D eigenvalue weighted by Gasteiger charge is 2.68. The van der Waals surface area contributed by atoms with Crippen molar-refractivity contribution >= 4 is 23.3 Å². The molecule has 0 radical (unpaired) electrons. The standard InChI is InChI=1S/C21H23ClF3NO5/c22-16-2-1-13(5-17(16)23)30-8-18(28)26-21-9-20(10-21,11-21)6-12(27)7-29-14-3-15(4-14)31-19(24)25/h1-2,5,14-15,19H,3-4,6-11H2,(H,26,28). The van der Waals surface area contributed by atoms with Crippen molar-refractivity contribution in [2.45, 2.75) is 62.9 Å². The number of benzene rings is 1. The Labute approximate surface area is 182 Å². The summed E-state index contributed by atoms with van der Waals surface area (Å²) >= 11 is 5.61. The van der Waals surface area contributed by atoms with E-state index in [2.05, 4.69) is 10.1 Å². The number of amides is 1. The molecular formula is C21H23ClF3NO5. The number of ketones is 1. The first-order chi connectivity index (χ1) is 14.7. The normalized spacial score (nSPS) is 30.7. The summed E-state index contributed by atoms with van der Waals surface area (Å²) < 4.78 is 52.7. The van der Waals surface area contributed by atoms with E-state index in [0.717, 1.165) is 25.3 Å². The molecule has 0 spiro atoms. The second-order valence-electron chi connectivity index (χ2n) is 8.86. The molecule has 1 N–H and O–H groups in total. The van der Waals surface area contributed by atoms with Crippen molar-refractivity contribution in [3.63, 3.8) is 0 Å². The molecule has 0 aromatic heterocycles. The van der Waals surface area contributed by atoms with E-state index in [1.54, 1.807) is 0 Å². The van der Waals surface area contributed by atoms with Crippen LogP contribution < -0.4 is 10.1 Å². The highest BCUT2D eigenvalue weighted by Crippen LogP contribution is 2.69. The quantitative estimate of drug-likeness (QED) is 0.544. The van der Waals surface area contributed by atoms with Crippen molar-refractivity contribution in [1.82, 2.24) is 5.32 Å². The van der Waals surface area contributed by atoms with Gasteiger partial charge in [0.05, 0.1) is 17.2 Å². The van der Waals surface area contributed by atoms with Crippen LogP contribution in [0.2, 0.25) is 5.02 Å². The minimum Gasteiger partial charge on any atom is -0.484 e. The Bertz CT molecular complexity index is 842. The molecule has 4 saturated carbocycles. The van der Waals surface area contributed by atoms with Crippen molar-refractivity contribution in [3.8, 4) is 5.75 Å². The van der Waals surface area contributed by atoms with Crippen LogP contribution in [0.3, 0.4) is 0 Å². The highest BCUT2D eigenvalue weighted by molar-refractivity contribution is 6.30. The molecule has 6 nitrogen and oxygen atoms in total. The van der Waals surface area contributed by atoms with Gasteiger partial charge in [0.15, 0.2) is 12.4 Å². The van der Waals surface area contributed by atoms with Gasteiger partial charge in [-0.25, -0.2) is 4.39 Å². The van der Waals surface area contributed by atoms with Gasteiger partial charge in [0, 0.05) is 30.9 Å². The van der Waals surface area contributed by atoms with Gasteiger partial charge < -0.3 is 19.5 Å². The van der Waals surface area contributed by atoms with E-state index in [4.69, 9.17) is 21.1 Å². The Morgan fingerprint density at radius 2 is 1.87 bits per heavy atom. The van der Waals surface area contributed by atoms with Crippen LogP contribution in [-0.2, 0) is 19.1 Å². The summed E-state index contributed by atoms with van der Waals surface area (Å²) in [5, 5.41) is 2.92. The third kappa shape index (κ3) is 5.15. The number of carbonyl (C=O) groups excluding carboxylic acids is 2. The Balaban J connectivity index is 1.10. The zero-order chi connectivity index (χ0) is 22.2. The number of alkyl halides is 2. The molecule has 1 aromatic carbocycles. The second kappa shape index (κ2) is 8.60. The molecule has 0 atom stereocenters. The van der Waals surface area contributed by atoms with Crippen LogP contribution in [0, 0.1) is 11.2 Å². The first-order valence-corrected chi connectivity index (χ1v) is 10.5. The summed E-state index contributed by atoms with van der Waals surface area (Å²) in [6.07, 6.45) is 2.60. The SMILES string of the molecule is O=C(COC1CC(OC(F)F)C1)CC12CC(NC(=O)COc3ccc(Cl)c(F)c3)(C1)C2. The maximum absolute atomic E-state index is 13.4. The number of hydrogen-bond acceptors (Lipinski definition) is 5. The average molecular weight is 462 g/mol. The van der Waals surface area contributed by atoms with Gasteiger partial charge >= 0.3 is 6.61 Å². The molecule has 0 saturated heterocycles. The lowest BCUT2D eigenvalue weighted by molar-refractivity contribution is -0.208. The number of Topliss-reactive ketones (excluding diaryl/α,β-unsaturated/α-hetero) is 1. The Hall–Kier alpha value is -1.84. The van der Waals surface area contributed by atoms with E-state index in [0.29, 0.717) is 19.3 Å². The highest BCUT2D eigenvalue weighted by atomic mass is 35.5. The molecule has 31 heavy (non-hydrogen) atoms. The lowest BCUT2D eigenvalue weighted by atomic mass is 9.38. The van der Waals surface area contributed by atoms with Crippen molar-refractivity contribution in [2.24, 2.45) is 5.41 Å². The lowest BCUT2D eigenvalue weighted by Crippen LogP contribution is -2.75. The summed E-state index contributed by atoms with van der Waals surface area (Å²) in [5.74, 6) is -0.724. The molecule has 0 unspecified atom stereocenters. The molecule has 10 heteroatoms. The van der Waals surface area contributed by atoms with Gasteiger partial charge in [0.25, 0.3) is 5.91 Å². The number of hydrogen-bond donors (Lipinski definition) is 1. The zero-order valence-electron chi connectivity index (χ0n) is 16.7. The van der Waals surface area contributed by atoms with Gasteiger partial charge in [0.2, 0.25) is 0 Å². The summed E-state index contributed by atoms with van der Waals surface area (Å²) in [7, 11) is 0. The number of rotatable bonds is 11. The van der Waals surface area contributed by atoms with Crippen molar-refractivity contribution in [2.75, 3.05) is 13.2 Å². The molecule has 0 heterocycles. The van der Waals surface area contributed by atoms with E-state index in [1.165, 1.54) is 12.1 Å². The summed E-state index contributed by atoms with van der Waals surface area (Å²) in [4.78, 5) is 24.3. The number of nitrogens with one attached hydrogen (secondary N) is 1. The summed E-state index contributed by atoms with van der Waals surface area (Å²) in [5.41, 5.74) is -0.380. The average Bonchev–Trinajstić information content (AvgIpc) is 2.61. The van der Waals surface area contributed by atoms with Gasteiger partial charge in [-0.05, 0) is 36.8 Å². The fourth-order valence-corrected chi connectivity index (χ4v) is 5.07. The molecule has 2 bridgehead atoms. The first kappa shape index (κ1) is 22.4. The van der Waals surface area contributed by atoms with E-state index < -0.39 is 18.5 Å². The number of halogens is 4. The Morgan fingerprint density at radius 3 is 2.52 bits per heavy atom. The number of carbonyl (C=O) groups is 2. The minimum atomic E-state index is -2.78. The lowest BCUT2D eigenvalue weighted by Gasteiger charge is -2.70. The summed E-state index contributed by atoms with van der Waals surface area (Å²) in [6, 6.07) is 3.96. The Morgan fingerprint density at radius 1 is 1.16 bits per heavy atom. The maximum atomic E-state index is 13.4. The summed E-state index contributed by atoms with van der Waals surface area (Å²) in [6.45, 7) is -3.05. The molecule has 0 aliphatic heterocycles.